The lowest BCUT2D eigenvalue weighted by molar-refractivity contribution is 0.0672. The van der Waals surface area contributed by atoms with Crippen molar-refractivity contribution < 1.29 is 15.0 Å². The van der Waals surface area contributed by atoms with Crippen LogP contribution in [0.1, 0.15) is 35.3 Å². The third-order valence-electron chi connectivity index (χ3n) is 4.83. The van der Waals surface area contributed by atoms with E-state index in [4.69, 9.17) is 5.11 Å². The van der Waals surface area contributed by atoms with Crippen LogP contribution in [0.3, 0.4) is 0 Å². The van der Waals surface area contributed by atoms with E-state index in [-0.39, 0.29) is 19.1 Å². The molecule has 1 saturated heterocycles. The molecule has 1 amide bonds. The SMILES string of the molecule is O=C(c1[nH]c2ccccc2c1CCO)N1CCC(CCO)CC1. The molecule has 2 heterocycles. The van der Waals surface area contributed by atoms with Crippen LogP contribution in [0.25, 0.3) is 10.9 Å². The molecule has 0 unspecified atom stereocenters. The number of aliphatic hydroxyl groups is 2. The molecule has 0 spiro atoms. The minimum absolute atomic E-state index is 0.0205. The fourth-order valence-corrected chi connectivity index (χ4v) is 3.52. The number of nitrogens with zero attached hydrogens (tertiary/aromatic N) is 1. The maximum Gasteiger partial charge on any atom is 0.270 e. The summed E-state index contributed by atoms with van der Waals surface area (Å²) in [5.74, 6) is 0.538. The molecule has 0 atom stereocenters. The van der Waals surface area contributed by atoms with Crippen molar-refractivity contribution in [2.24, 2.45) is 5.92 Å². The van der Waals surface area contributed by atoms with Crippen molar-refractivity contribution in [1.82, 2.24) is 9.88 Å². The molecule has 1 aliphatic rings. The van der Waals surface area contributed by atoms with Crippen molar-refractivity contribution in [1.29, 1.82) is 0 Å². The minimum Gasteiger partial charge on any atom is -0.396 e. The summed E-state index contributed by atoms with van der Waals surface area (Å²) in [5.41, 5.74) is 2.46. The van der Waals surface area contributed by atoms with E-state index in [9.17, 15) is 9.90 Å². The van der Waals surface area contributed by atoms with Crippen LogP contribution in [0, 0.1) is 5.92 Å². The van der Waals surface area contributed by atoms with Crippen molar-refractivity contribution in [2.45, 2.75) is 25.7 Å². The second-order valence-electron chi connectivity index (χ2n) is 6.25. The third kappa shape index (κ3) is 3.26. The highest BCUT2D eigenvalue weighted by molar-refractivity contribution is 6.01. The number of benzene rings is 1. The number of H-pyrrole nitrogens is 1. The van der Waals surface area contributed by atoms with Crippen LogP contribution >= 0.6 is 0 Å². The zero-order valence-electron chi connectivity index (χ0n) is 13.3. The van der Waals surface area contributed by atoms with Gasteiger partial charge in [-0.1, -0.05) is 18.2 Å². The Bertz CT molecular complexity index is 672. The molecule has 3 N–H and O–H groups in total. The number of rotatable bonds is 5. The number of hydrogen-bond donors (Lipinski definition) is 3. The summed E-state index contributed by atoms with van der Waals surface area (Å²) in [6.07, 6.45) is 3.19. The first kappa shape index (κ1) is 16.0. The summed E-state index contributed by atoms with van der Waals surface area (Å²) in [7, 11) is 0. The van der Waals surface area contributed by atoms with Gasteiger partial charge in [0.05, 0.1) is 0 Å². The maximum atomic E-state index is 12.9. The first-order chi connectivity index (χ1) is 11.2. The third-order valence-corrected chi connectivity index (χ3v) is 4.83. The van der Waals surface area contributed by atoms with Crippen LogP contribution in [0.4, 0.5) is 0 Å². The molecule has 0 radical (unpaired) electrons. The number of para-hydroxylation sites is 1. The van der Waals surface area contributed by atoms with Crippen molar-refractivity contribution in [3.05, 3.63) is 35.5 Å². The highest BCUT2D eigenvalue weighted by atomic mass is 16.3. The normalized spacial score (nSPS) is 16.2. The van der Waals surface area contributed by atoms with Gasteiger partial charge in [0.1, 0.15) is 5.69 Å². The molecule has 5 heteroatoms. The molecule has 1 aromatic carbocycles. The average Bonchev–Trinajstić information content (AvgIpc) is 2.94. The van der Waals surface area contributed by atoms with Gasteiger partial charge in [0.15, 0.2) is 0 Å². The molecular formula is C18H24N2O3. The molecule has 0 bridgehead atoms. The number of aromatic amines is 1. The number of carbonyl (C=O) groups is 1. The van der Waals surface area contributed by atoms with Crippen LogP contribution in [-0.2, 0) is 6.42 Å². The van der Waals surface area contributed by atoms with Gasteiger partial charge in [-0.25, -0.2) is 0 Å². The van der Waals surface area contributed by atoms with Gasteiger partial charge >= 0.3 is 0 Å². The van der Waals surface area contributed by atoms with Crippen molar-refractivity contribution in [2.75, 3.05) is 26.3 Å². The van der Waals surface area contributed by atoms with Crippen molar-refractivity contribution in [3.8, 4) is 0 Å². The largest absolute Gasteiger partial charge is 0.396 e. The van der Waals surface area contributed by atoms with Crippen LogP contribution in [0.5, 0.6) is 0 Å². The van der Waals surface area contributed by atoms with Gasteiger partial charge in [-0.15, -0.1) is 0 Å². The summed E-state index contributed by atoms with van der Waals surface area (Å²) in [6.45, 7) is 1.72. The fourth-order valence-electron chi connectivity index (χ4n) is 3.52. The Hall–Kier alpha value is -1.85. The second kappa shape index (κ2) is 7.15. The molecule has 5 nitrogen and oxygen atoms in total. The summed E-state index contributed by atoms with van der Waals surface area (Å²) in [6, 6.07) is 7.84. The predicted octanol–water partition coefficient (Wildman–Crippen LogP) is 1.94. The molecule has 3 rings (SSSR count). The van der Waals surface area contributed by atoms with Gasteiger partial charge in [-0.3, -0.25) is 4.79 Å². The Morgan fingerprint density at radius 3 is 2.61 bits per heavy atom. The van der Waals surface area contributed by atoms with Crippen LogP contribution in [-0.4, -0.2) is 52.3 Å². The zero-order valence-corrected chi connectivity index (χ0v) is 13.3. The summed E-state index contributed by atoms with van der Waals surface area (Å²) < 4.78 is 0. The maximum absolute atomic E-state index is 12.9. The number of aromatic nitrogens is 1. The standard InChI is InChI=1S/C18H24N2O3/c21-11-7-13-5-9-20(10-6-13)18(23)17-15(8-12-22)14-3-1-2-4-16(14)19-17/h1-4,13,19,21-22H,5-12H2. The first-order valence-electron chi connectivity index (χ1n) is 8.35. The van der Waals surface area contributed by atoms with E-state index in [2.05, 4.69) is 4.98 Å². The topological polar surface area (TPSA) is 76.6 Å². The summed E-state index contributed by atoms with van der Waals surface area (Å²) in [5, 5.41) is 19.4. The number of amides is 1. The van der Waals surface area contributed by atoms with E-state index in [1.165, 1.54) is 0 Å². The molecule has 124 valence electrons. The number of fused-ring (bicyclic) bond motifs is 1. The number of carbonyl (C=O) groups excluding carboxylic acids is 1. The highest BCUT2D eigenvalue weighted by Gasteiger charge is 2.26. The van der Waals surface area contributed by atoms with Gasteiger partial charge in [0.25, 0.3) is 5.91 Å². The molecule has 23 heavy (non-hydrogen) atoms. The monoisotopic (exact) mass is 316 g/mol. The highest BCUT2D eigenvalue weighted by Crippen LogP contribution is 2.26. The van der Waals surface area contributed by atoms with E-state index in [0.29, 0.717) is 18.0 Å². The molecule has 2 aromatic rings. The molecule has 0 saturated carbocycles. The lowest BCUT2D eigenvalue weighted by atomic mass is 9.93. The Labute approximate surface area is 135 Å². The van der Waals surface area contributed by atoms with E-state index in [1.54, 1.807) is 0 Å². The van der Waals surface area contributed by atoms with Gasteiger partial charge in [0.2, 0.25) is 0 Å². The molecule has 1 aliphatic heterocycles. The van der Waals surface area contributed by atoms with Crippen LogP contribution < -0.4 is 0 Å². The van der Waals surface area contributed by atoms with Gasteiger partial charge < -0.3 is 20.1 Å². The average molecular weight is 316 g/mol. The minimum atomic E-state index is 0.0205. The Balaban J connectivity index is 1.82. The lowest BCUT2D eigenvalue weighted by Gasteiger charge is -2.31. The quantitative estimate of drug-likeness (QED) is 0.789. The molecule has 0 aliphatic carbocycles. The molecular weight excluding hydrogens is 292 g/mol. The van der Waals surface area contributed by atoms with Crippen LogP contribution in [0.2, 0.25) is 0 Å². The second-order valence-corrected chi connectivity index (χ2v) is 6.25. The number of aliphatic hydroxyl groups excluding tert-OH is 2. The predicted molar refractivity (Wildman–Crippen MR) is 89.4 cm³/mol. The number of likely N-dealkylation sites (tertiary alicyclic amines) is 1. The molecule has 1 aromatic heterocycles. The van der Waals surface area contributed by atoms with E-state index in [0.717, 1.165) is 48.8 Å². The Morgan fingerprint density at radius 2 is 1.91 bits per heavy atom. The van der Waals surface area contributed by atoms with E-state index >= 15 is 0 Å². The van der Waals surface area contributed by atoms with Crippen molar-refractivity contribution >= 4 is 16.8 Å². The summed E-state index contributed by atoms with van der Waals surface area (Å²) in [4.78, 5) is 18.0. The number of nitrogens with one attached hydrogen (secondary N) is 1. The van der Waals surface area contributed by atoms with Crippen LogP contribution in [0.15, 0.2) is 24.3 Å². The molecule has 1 fully saturated rings. The lowest BCUT2D eigenvalue weighted by Crippen LogP contribution is -2.39. The Morgan fingerprint density at radius 1 is 1.17 bits per heavy atom. The van der Waals surface area contributed by atoms with E-state index in [1.807, 2.05) is 29.2 Å². The van der Waals surface area contributed by atoms with Gasteiger partial charge in [-0.2, -0.15) is 0 Å². The smallest absolute Gasteiger partial charge is 0.270 e. The first-order valence-corrected chi connectivity index (χ1v) is 8.35. The van der Waals surface area contributed by atoms with Gasteiger partial charge in [-0.05, 0) is 43.2 Å². The van der Waals surface area contributed by atoms with Gasteiger partial charge in [0, 0.05) is 37.2 Å². The van der Waals surface area contributed by atoms with E-state index < -0.39 is 0 Å². The fraction of sp³-hybridized carbons (Fsp3) is 0.500. The summed E-state index contributed by atoms with van der Waals surface area (Å²) >= 11 is 0. The number of piperidine rings is 1. The zero-order chi connectivity index (χ0) is 16.2. The van der Waals surface area contributed by atoms with Crippen molar-refractivity contribution in [3.63, 3.8) is 0 Å². The Kier molecular flexibility index (Phi) is 4.98. The number of hydrogen-bond acceptors (Lipinski definition) is 3.